The van der Waals surface area contributed by atoms with E-state index in [4.69, 9.17) is 0 Å². The Bertz CT molecular complexity index is 757. The molecule has 0 bridgehead atoms. The lowest BCUT2D eigenvalue weighted by Crippen LogP contribution is -2.27. The summed E-state index contributed by atoms with van der Waals surface area (Å²) in [5.41, 5.74) is 1.57. The molecule has 1 aromatic carbocycles. The molecule has 1 aromatic heterocycles. The van der Waals surface area contributed by atoms with Crippen molar-refractivity contribution >= 4 is 44.2 Å². The Balaban J connectivity index is 1.39. The summed E-state index contributed by atoms with van der Waals surface area (Å²) in [7, 11) is 0. The first-order valence-electron chi connectivity index (χ1n) is 8.60. The summed E-state index contributed by atoms with van der Waals surface area (Å²) in [5, 5.41) is 8.15. The van der Waals surface area contributed by atoms with E-state index in [0.717, 1.165) is 29.8 Å². The number of benzene rings is 1. The number of anilines is 1. The van der Waals surface area contributed by atoms with Gasteiger partial charge in [-0.3, -0.25) is 14.5 Å². The van der Waals surface area contributed by atoms with Gasteiger partial charge in [-0.25, -0.2) is 4.98 Å². The number of hydrogen-bond donors (Lipinski definition) is 2. The zero-order valence-electron chi connectivity index (χ0n) is 14.3. The molecule has 0 saturated carbocycles. The topological polar surface area (TPSA) is 74.3 Å². The lowest BCUT2D eigenvalue weighted by atomic mass is 10.2. The van der Waals surface area contributed by atoms with Crippen LogP contribution in [0.15, 0.2) is 34.1 Å². The average molecular weight is 437 g/mol. The molecule has 1 aliphatic rings. The summed E-state index contributed by atoms with van der Waals surface area (Å²) in [5.74, 6) is -0.337. The van der Waals surface area contributed by atoms with Crippen molar-refractivity contribution in [2.24, 2.45) is 0 Å². The SMILES string of the molecule is O=C(CCNC(=O)c1ccc(Br)cc1)Nc1nc(CN2CCCC2)cs1. The molecule has 3 rings (SSSR count). The number of likely N-dealkylation sites (tertiary alicyclic amines) is 1. The van der Waals surface area contributed by atoms with Crippen LogP contribution in [0.5, 0.6) is 0 Å². The van der Waals surface area contributed by atoms with Gasteiger partial charge < -0.3 is 10.6 Å². The number of nitrogens with zero attached hydrogens (tertiary/aromatic N) is 2. The first kappa shape index (κ1) is 19.0. The molecule has 2 heterocycles. The number of rotatable bonds is 7. The molecule has 26 heavy (non-hydrogen) atoms. The fourth-order valence-electron chi connectivity index (χ4n) is 2.78. The molecule has 8 heteroatoms. The molecule has 6 nitrogen and oxygen atoms in total. The van der Waals surface area contributed by atoms with E-state index < -0.39 is 0 Å². The molecule has 0 aliphatic carbocycles. The standard InChI is InChI=1S/C18H21BrN4O2S/c19-14-5-3-13(4-6-14)17(25)20-8-7-16(24)22-18-21-15(12-26-18)11-23-9-1-2-10-23/h3-6,12H,1-2,7-11H2,(H,20,25)(H,21,22,24). The largest absolute Gasteiger partial charge is 0.352 e. The molecule has 1 fully saturated rings. The van der Waals surface area contributed by atoms with E-state index in [9.17, 15) is 9.59 Å². The van der Waals surface area contributed by atoms with Gasteiger partial charge in [0.05, 0.1) is 5.69 Å². The van der Waals surface area contributed by atoms with Crippen LogP contribution in [0.25, 0.3) is 0 Å². The van der Waals surface area contributed by atoms with Crippen molar-refractivity contribution in [3.63, 3.8) is 0 Å². The number of carbonyl (C=O) groups is 2. The molecular formula is C18H21BrN4O2S. The highest BCUT2D eigenvalue weighted by molar-refractivity contribution is 9.10. The smallest absolute Gasteiger partial charge is 0.251 e. The average Bonchev–Trinajstić information content (AvgIpc) is 3.28. The van der Waals surface area contributed by atoms with Crippen LogP contribution in [0, 0.1) is 0 Å². The lowest BCUT2D eigenvalue weighted by Gasteiger charge is -2.11. The van der Waals surface area contributed by atoms with Crippen molar-refractivity contribution in [3.8, 4) is 0 Å². The summed E-state index contributed by atoms with van der Waals surface area (Å²) < 4.78 is 0.918. The number of amides is 2. The molecule has 2 N–H and O–H groups in total. The lowest BCUT2D eigenvalue weighted by molar-refractivity contribution is -0.116. The normalized spacial score (nSPS) is 14.3. The van der Waals surface area contributed by atoms with Crippen LogP contribution in [-0.4, -0.2) is 41.3 Å². The Morgan fingerprint density at radius 3 is 2.65 bits per heavy atom. The molecular weight excluding hydrogens is 416 g/mol. The van der Waals surface area contributed by atoms with Gasteiger partial charge >= 0.3 is 0 Å². The van der Waals surface area contributed by atoms with Crippen LogP contribution >= 0.6 is 27.3 Å². The van der Waals surface area contributed by atoms with E-state index in [0.29, 0.717) is 10.7 Å². The summed E-state index contributed by atoms with van der Waals surface area (Å²) in [6.45, 7) is 3.37. The maximum atomic E-state index is 12.0. The number of nitrogens with one attached hydrogen (secondary N) is 2. The molecule has 2 amide bonds. The third-order valence-corrected chi connectivity index (χ3v) is 5.46. The van der Waals surface area contributed by atoms with Crippen molar-refractivity contribution in [1.82, 2.24) is 15.2 Å². The zero-order chi connectivity index (χ0) is 18.4. The van der Waals surface area contributed by atoms with Gasteiger partial charge in [-0.2, -0.15) is 0 Å². The van der Waals surface area contributed by atoms with Gasteiger partial charge in [-0.05, 0) is 50.2 Å². The van der Waals surface area contributed by atoms with Crippen LogP contribution in [0.4, 0.5) is 5.13 Å². The van der Waals surface area contributed by atoms with Crippen molar-refractivity contribution < 1.29 is 9.59 Å². The predicted octanol–water partition coefficient (Wildman–Crippen LogP) is 3.26. The second-order valence-corrected chi connectivity index (χ2v) is 7.96. The van der Waals surface area contributed by atoms with Crippen molar-refractivity contribution in [2.75, 3.05) is 25.0 Å². The summed E-state index contributed by atoms with van der Waals surface area (Å²) >= 11 is 4.77. The molecule has 0 atom stereocenters. The number of aromatic nitrogens is 1. The highest BCUT2D eigenvalue weighted by Crippen LogP contribution is 2.19. The van der Waals surface area contributed by atoms with Crippen LogP contribution in [-0.2, 0) is 11.3 Å². The first-order valence-corrected chi connectivity index (χ1v) is 10.3. The van der Waals surface area contributed by atoms with E-state index in [2.05, 4.69) is 36.4 Å². The van der Waals surface area contributed by atoms with Gasteiger partial charge in [0.2, 0.25) is 5.91 Å². The maximum absolute atomic E-state index is 12.0. The van der Waals surface area contributed by atoms with Crippen molar-refractivity contribution in [2.45, 2.75) is 25.8 Å². The van der Waals surface area contributed by atoms with Gasteiger partial charge in [0.15, 0.2) is 5.13 Å². The second kappa shape index (κ2) is 9.25. The third kappa shape index (κ3) is 5.62. The van der Waals surface area contributed by atoms with Crippen molar-refractivity contribution in [3.05, 3.63) is 45.4 Å². The first-order chi connectivity index (χ1) is 12.6. The maximum Gasteiger partial charge on any atom is 0.251 e. The number of thiazole rings is 1. The highest BCUT2D eigenvalue weighted by Gasteiger charge is 2.14. The van der Waals surface area contributed by atoms with Crippen LogP contribution in [0.2, 0.25) is 0 Å². The van der Waals surface area contributed by atoms with Crippen LogP contribution < -0.4 is 10.6 Å². The number of carbonyl (C=O) groups excluding carboxylic acids is 2. The number of halogens is 1. The summed E-state index contributed by atoms with van der Waals surface area (Å²) in [6.07, 6.45) is 2.71. The molecule has 138 valence electrons. The third-order valence-electron chi connectivity index (χ3n) is 4.13. The fourth-order valence-corrected chi connectivity index (χ4v) is 3.76. The van der Waals surface area contributed by atoms with Gasteiger partial charge in [0, 0.05) is 34.9 Å². The Hall–Kier alpha value is -1.77. The minimum absolute atomic E-state index is 0.150. The van der Waals surface area contributed by atoms with E-state index in [1.165, 1.54) is 24.2 Å². The fraction of sp³-hybridized carbons (Fsp3) is 0.389. The Kier molecular flexibility index (Phi) is 6.76. The van der Waals surface area contributed by atoms with Crippen LogP contribution in [0.3, 0.4) is 0 Å². The van der Waals surface area contributed by atoms with Gasteiger partial charge in [0.25, 0.3) is 5.91 Å². The monoisotopic (exact) mass is 436 g/mol. The summed E-state index contributed by atoms with van der Waals surface area (Å²) in [4.78, 5) is 30.8. The van der Waals surface area contributed by atoms with E-state index in [1.807, 2.05) is 17.5 Å². The number of hydrogen-bond acceptors (Lipinski definition) is 5. The van der Waals surface area contributed by atoms with Gasteiger partial charge in [-0.15, -0.1) is 11.3 Å². The molecule has 1 aliphatic heterocycles. The van der Waals surface area contributed by atoms with E-state index in [1.54, 1.807) is 12.1 Å². The van der Waals surface area contributed by atoms with Gasteiger partial charge in [-0.1, -0.05) is 15.9 Å². The second-order valence-electron chi connectivity index (χ2n) is 6.19. The zero-order valence-corrected chi connectivity index (χ0v) is 16.7. The molecule has 1 saturated heterocycles. The minimum Gasteiger partial charge on any atom is -0.352 e. The Morgan fingerprint density at radius 2 is 1.92 bits per heavy atom. The minimum atomic E-state index is -0.188. The Morgan fingerprint density at radius 1 is 1.19 bits per heavy atom. The van der Waals surface area contributed by atoms with Crippen LogP contribution in [0.1, 0.15) is 35.3 Å². The molecule has 0 spiro atoms. The summed E-state index contributed by atoms with van der Waals surface area (Å²) in [6, 6.07) is 7.08. The molecule has 0 radical (unpaired) electrons. The Labute approximate surface area is 165 Å². The van der Waals surface area contributed by atoms with Crippen molar-refractivity contribution in [1.29, 1.82) is 0 Å². The molecule has 0 unspecified atom stereocenters. The highest BCUT2D eigenvalue weighted by atomic mass is 79.9. The molecule has 2 aromatic rings. The van der Waals surface area contributed by atoms with E-state index in [-0.39, 0.29) is 24.8 Å². The van der Waals surface area contributed by atoms with Gasteiger partial charge in [0.1, 0.15) is 0 Å². The predicted molar refractivity (Wildman–Crippen MR) is 106 cm³/mol. The quantitative estimate of drug-likeness (QED) is 0.698. The van der Waals surface area contributed by atoms with E-state index >= 15 is 0 Å².